The molecule has 102 valence electrons. The van der Waals surface area contributed by atoms with Gasteiger partial charge in [-0.3, -0.25) is 9.59 Å². The predicted octanol–water partition coefficient (Wildman–Crippen LogP) is 0.630. The molecule has 1 aliphatic carbocycles. The van der Waals surface area contributed by atoms with E-state index in [2.05, 4.69) is 10.3 Å². The fourth-order valence-corrected chi connectivity index (χ4v) is 2.76. The number of hydrogen-bond donors (Lipinski definition) is 2. The highest BCUT2D eigenvalue weighted by Gasteiger charge is 2.20. The second-order valence-electron chi connectivity index (χ2n) is 5.31. The Morgan fingerprint density at radius 3 is 3.16 bits per heavy atom. The maximum atomic E-state index is 12.1. The molecule has 1 aliphatic heterocycles. The second-order valence-corrected chi connectivity index (χ2v) is 5.31. The van der Waals surface area contributed by atoms with Gasteiger partial charge in [0, 0.05) is 24.8 Å². The average molecular weight is 262 g/mol. The number of carbonyl (C=O) groups is 1. The zero-order valence-electron chi connectivity index (χ0n) is 10.8. The van der Waals surface area contributed by atoms with E-state index in [0.717, 1.165) is 43.5 Å². The first kappa shape index (κ1) is 12.4. The zero-order valence-corrected chi connectivity index (χ0v) is 10.8. The topological polar surface area (TPSA) is 71.2 Å². The van der Waals surface area contributed by atoms with Gasteiger partial charge in [-0.05, 0) is 37.3 Å². The zero-order chi connectivity index (χ0) is 13.2. The number of rotatable bonds is 3. The Morgan fingerprint density at radius 2 is 2.37 bits per heavy atom. The lowest BCUT2D eigenvalue weighted by atomic mass is 10.1. The van der Waals surface area contributed by atoms with Crippen molar-refractivity contribution in [1.82, 2.24) is 10.3 Å². The highest BCUT2D eigenvalue weighted by atomic mass is 16.5. The van der Waals surface area contributed by atoms with Gasteiger partial charge < -0.3 is 15.0 Å². The minimum absolute atomic E-state index is 0.236. The Balaban J connectivity index is 1.70. The molecule has 5 heteroatoms. The first-order chi connectivity index (χ1) is 9.24. The van der Waals surface area contributed by atoms with Crippen LogP contribution in [0.1, 0.15) is 34.5 Å². The number of hydrogen-bond acceptors (Lipinski definition) is 3. The number of aryl methyl sites for hydroxylation is 2. The molecule has 0 saturated carbocycles. The monoisotopic (exact) mass is 262 g/mol. The van der Waals surface area contributed by atoms with Crippen LogP contribution in [0.4, 0.5) is 0 Å². The first-order valence-corrected chi connectivity index (χ1v) is 6.85. The second kappa shape index (κ2) is 5.17. The summed E-state index contributed by atoms with van der Waals surface area (Å²) in [6.45, 7) is 2.04. The summed E-state index contributed by atoms with van der Waals surface area (Å²) in [5.41, 5.74) is 2.06. The van der Waals surface area contributed by atoms with Crippen LogP contribution in [0, 0.1) is 5.92 Å². The van der Waals surface area contributed by atoms with Gasteiger partial charge in [-0.1, -0.05) is 0 Å². The lowest BCUT2D eigenvalue weighted by Gasteiger charge is -2.09. The Labute approximate surface area is 111 Å². The van der Waals surface area contributed by atoms with Crippen molar-refractivity contribution in [3.8, 4) is 0 Å². The number of fused-ring (bicyclic) bond motifs is 1. The average Bonchev–Trinajstić information content (AvgIpc) is 3.05. The van der Waals surface area contributed by atoms with Crippen molar-refractivity contribution < 1.29 is 9.53 Å². The van der Waals surface area contributed by atoms with Gasteiger partial charge in [0.05, 0.1) is 6.61 Å². The van der Waals surface area contributed by atoms with E-state index in [0.29, 0.717) is 19.1 Å². The van der Waals surface area contributed by atoms with Gasteiger partial charge in [-0.2, -0.15) is 0 Å². The van der Waals surface area contributed by atoms with Crippen LogP contribution in [-0.4, -0.2) is 30.6 Å². The molecular weight excluding hydrogens is 244 g/mol. The predicted molar refractivity (Wildman–Crippen MR) is 70.3 cm³/mol. The molecular formula is C14H18N2O3. The number of aromatic amines is 1. The van der Waals surface area contributed by atoms with Crippen molar-refractivity contribution in [2.45, 2.75) is 25.7 Å². The van der Waals surface area contributed by atoms with E-state index in [-0.39, 0.29) is 17.0 Å². The first-order valence-electron chi connectivity index (χ1n) is 6.85. The van der Waals surface area contributed by atoms with Crippen LogP contribution in [0.3, 0.4) is 0 Å². The van der Waals surface area contributed by atoms with Gasteiger partial charge in [0.15, 0.2) is 0 Å². The molecule has 1 amide bonds. The third-order valence-electron chi connectivity index (χ3n) is 3.91. The van der Waals surface area contributed by atoms with Crippen LogP contribution in [0.15, 0.2) is 10.9 Å². The quantitative estimate of drug-likeness (QED) is 0.839. The molecule has 19 heavy (non-hydrogen) atoms. The van der Waals surface area contributed by atoms with Gasteiger partial charge in [0.25, 0.3) is 11.5 Å². The molecule has 0 radical (unpaired) electrons. The summed E-state index contributed by atoms with van der Waals surface area (Å²) in [6.07, 6.45) is 3.88. The van der Waals surface area contributed by atoms with E-state index in [1.54, 1.807) is 6.07 Å². The Hall–Kier alpha value is -1.62. The summed E-state index contributed by atoms with van der Waals surface area (Å²) in [4.78, 5) is 26.7. The standard InChI is InChI=1S/C14H18N2O3/c17-13(15-7-9-4-5-19-8-9)11-6-10-2-1-3-12(10)16-14(11)18/h6,9H,1-5,7-8H2,(H,15,17)(H,16,18)/t9-/m1/s1. The molecule has 0 aromatic carbocycles. The molecule has 1 aromatic heterocycles. The number of H-pyrrole nitrogens is 1. The molecule has 2 aliphatic rings. The van der Waals surface area contributed by atoms with Gasteiger partial charge in [-0.15, -0.1) is 0 Å². The number of nitrogens with one attached hydrogen (secondary N) is 2. The summed E-state index contributed by atoms with van der Waals surface area (Å²) in [5, 5.41) is 2.83. The SMILES string of the molecule is O=C(NC[C@H]1CCOC1)c1cc2c([nH]c1=O)CCC2. The van der Waals surface area contributed by atoms with Gasteiger partial charge in [0.1, 0.15) is 5.56 Å². The van der Waals surface area contributed by atoms with E-state index in [1.807, 2.05) is 0 Å². The van der Waals surface area contributed by atoms with E-state index in [4.69, 9.17) is 4.74 Å². The van der Waals surface area contributed by atoms with Gasteiger partial charge >= 0.3 is 0 Å². The minimum Gasteiger partial charge on any atom is -0.381 e. The molecule has 0 spiro atoms. The molecule has 5 nitrogen and oxygen atoms in total. The molecule has 1 aromatic rings. The van der Waals surface area contributed by atoms with Crippen LogP contribution in [0.2, 0.25) is 0 Å². The van der Waals surface area contributed by atoms with Crippen molar-refractivity contribution in [3.05, 3.63) is 33.2 Å². The van der Waals surface area contributed by atoms with Crippen molar-refractivity contribution >= 4 is 5.91 Å². The largest absolute Gasteiger partial charge is 0.381 e. The summed E-state index contributed by atoms with van der Waals surface area (Å²) in [5.74, 6) is 0.0975. The highest BCUT2D eigenvalue weighted by Crippen LogP contribution is 2.18. The summed E-state index contributed by atoms with van der Waals surface area (Å²) in [7, 11) is 0. The fraction of sp³-hybridized carbons (Fsp3) is 0.571. The fourth-order valence-electron chi connectivity index (χ4n) is 2.76. The lowest BCUT2D eigenvalue weighted by Crippen LogP contribution is -2.33. The number of ether oxygens (including phenoxy) is 1. The maximum absolute atomic E-state index is 12.1. The minimum atomic E-state index is -0.277. The number of amides is 1. The van der Waals surface area contributed by atoms with Crippen LogP contribution < -0.4 is 10.9 Å². The van der Waals surface area contributed by atoms with E-state index in [1.165, 1.54) is 0 Å². The van der Waals surface area contributed by atoms with Crippen LogP contribution in [0.5, 0.6) is 0 Å². The Morgan fingerprint density at radius 1 is 1.47 bits per heavy atom. The summed E-state index contributed by atoms with van der Waals surface area (Å²) >= 11 is 0. The van der Waals surface area contributed by atoms with E-state index >= 15 is 0 Å². The molecule has 1 fully saturated rings. The van der Waals surface area contributed by atoms with Crippen molar-refractivity contribution in [2.24, 2.45) is 5.92 Å². The van der Waals surface area contributed by atoms with Gasteiger partial charge in [-0.25, -0.2) is 0 Å². The molecule has 1 saturated heterocycles. The van der Waals surface area contributed by atoms with Gasteiger partial charge in [0.2, 0.25) is 0 Å². The number of aromatic nitrogens is 1. The van der Waals surface area contributed by atoms with Crippen LogP contribution in [-0.2, 0) is 17.6 Å². The van der Waals surface area contributed by atoms with Crippen molar-refractivity contribution in [3.63, 3.8) is 0 Å². The molecule has 2 heterocycles. The number of carbonyl (C=O) groups excluding carboxylic acids is 1. The van der Waals surface area contributed by atoms with Crippen LogP contribution >= 0.6 is 0 Å². The smallest absolute Gasteiger partial charge is 0.261 e. The molecule has 0 bridgehead atoms. The Kier molecular flexibility index (Phi) is 3.38. The molecule has 0 unspecified atom stereocenters. The summed E-state index contributed by atoms with van der Waals surface area (Å²) < 4.78 is 5.26. The van der Waals surface area contributed by atoms with E-state index < -0.39 is 0 Å². The molecule has 2 N–H and O–H groups in total. The third kappa shape index (κ3) is 2.56. The number of pyridine rings is 1. The molecule has 3 rings (SSSR count). The molecule has 1 atom stereocenters. The lowest BCUT2D eigenvalue weighted by molar-refractivity contribution is 0.0943. The normalized spacial score (nSPS) is 21.4. The Bertz CT molecular complexity index is 544. The third-order valence-corrected chi connectivity index (χ3v) is 3.91. The highest BCUT2D eigenvalue weighted by molar-refractivity contribution is 5.94. The maximum Gasteiger partial charge on any atom is 0.261 e. The van der Waals surface area contributed by atoms with Crippen molar-refractivity contribution in [1.29, 1.82) is 0 Å². The van der Waals surface area contributed by atoms with E-state index in [9.17, 15) is 9.59 Å². The van der Waals surface area contributed by atoms with Crippen molar-refractivity contribution in [2.75, 3.05) is 19.8 Å². The summed E-state index contributed by atoms with van der Waals surface area (Å²) in [6, 6.07) is 1.75. The van der Waals surface area contributed by atoms with Crippen LogP contribution in [0.25, 0.3) is 0 Å².